The number of thioether (sulfide) groups is 2. The summed E-state index contributed by atoms with van der Waals surface area (Å²) in [6.45, 7) is 0. The fourth-order valence-corrected chi connectivity index (χ4v) is 10.7. The van der Waals surface area contributed by atoms with Crippen LogP contribution in [0.25, 0.3) is 0 Å². The standard InChI is InChI=1S/C18H18N2O7S2/c21-6-1-7-11(23)8-4(6)2-17(28-7)15(26)20-9-5-3-18(20,16(27)19(8)17)29-14(10(5)22)13(25)12(9)24/h4-5,7-9,11-14,23-25H,1-3H2/t4-,5+,7+,8-,9-,11-,12+,13+,14+,17+,18+/m0/s1. The summed E-state index contributed by atoms with van der Waals surface area (Å²) in [6, 6.07) is -1.66. The van der Waals surface area contributed by atoms with Gasteiger partial charge in [-0.1, -0.05) is 0 Å². The van der Waals surface area contributed by atoms with E-state index in [4.69, 9.17) is 0 Å². The van der Waals surface area contributed by atoms with Crippen molar-refractivity contribution in [3.8, 4) is 0 Å². The van der Waals surface area contributed by atoms with Crippen LogP contribution in [0.4, 0.5) is 0 Å². The lowest BCUT2D eigenvalue weighted by molar-refractivity contribution is -0.173. The Hall–Kier alpha value is -1.14. The van der Waals surface area contributed by atoms with Crippen LogP contribution in [0, 0.1) is 11.8 Å². The lowest BCUT2D eigenvalue weighted by atomic mass is 9.79. The van der Waals surface area contributed by atoms with Crippen molar-refractivity contribution in [2.75, 3.05) is 0 Å². The Labute approximate surface area is 173 Å². The Morgan fingerprint density at radius 1 is 0.793 bits per heavy atom. The summed E-state index contributed by atoms with van der Waals surface area (Å²) in [5, 5.41) is 30.6. The minimum atomic E-state index is -1.37. The highest BCUT2D eigenvalue weighted by atomic mass is 32.2. The fourth-order valence-electron chi connectivity index (χ4n) is 7.05. The molecule has 9 nitrogen and oxygen atoms in total. The quantitative estimate of drug-likeness (QED) is 0.381. The number of aliphatic hydroxyl groups is 3. The number of hydrogen-bond donors (Lipinski definition) is 3. The Morgan fingerprint density at radius 3 is 2.07 bits per heavy atom. The summed E-state index contributed by atoms with van der Waals surface area (Å²) in [4.78, 5) is 53.5. The molecule has 0 aromatic carbocycles. The Bertz CT molecular complexity index is 945. The van der Waals surface area contributed by atoms with Crippen molar-refractivity contribution in [3.05, 3.63) is 0 Å². The zero-order chi connectivity index (χ0) is 20.2. The number of Topliss-reactive ketones (excluding diaryl/α,β-unsaturated/α-hetero) is 2. The number of carbonyl (C=O) groups is 4. The van der Waals surface area contributed by atoms with Gasteiger partial charge in [0, 0.05) is 36.3 Å². The molecule has 2 saturated carbocycles. The minimum Gasteiger partial charge on any atom is -0.390 e. The average molecular weight is 438 g/mol. The van der Waals surface area contributed by atoms with Gasteiger partial charge in [0.2, 0.25) is 0 Å². The topological polar surface area (TPSA) is 135 Å². The highest BCUT2D eigenvalue weighted by Gasteiger charge is 2.81. The van der Waals surface area contributed by atoms with Crippen molar-refractivity contribution in [2.24, 2.45) is 11.8 Å². The van der Waals surface area contributed by atoms with Crippen LogP contribution in [-0.4, -0.2) is 99.1 Å². The number of carbonyl (C=O) groups excluding carboxylic acids is 4. The molecule has 2 amide bonds. The molecule has 5 aliphatic heterocycles. The first-order valence-corrected chi connectivity index (χ1v) is 11.6. The summed E-state index contributed by atoms with van der Waals surface area (Å²) >= 11 is 2.15. The summed E-state index contributed by atoms with van der Waals surface area (Å²) in [6.07, 6.45) is -3.07. The van der Waals surface area contributed by atoms with Crippen LogP contribution in [0.3, 0.4) is 0 Å². The molecule has 6 bridgehead atoms. The maximum Gasteiger partial charge on any atom is 0.261 e. The largest absolute Gasteiger partial charge is 0.390 e. The normalized spacial score (nSPS) is 58.9. The van der Waals surface area contributed by atoms with Gasteiger partial charge in [-0.25, -0.2) is 0 Å². The molecule has 2 aliphatic carbocycles. The van der Waals surface area contributed by atoms with E-state index in [1.807, 2.05) is 0 Å². The molecule has 11 heteroatoms. The van der Waals surface area contributed by atoms with E-state index in [-0.39, 0.29) is 42.6 Å². The number of aliphatic hydroxyl groups excluding tert-OH is 3. The summed E-state index contributed by atoms with van der Waals surface area (Å²) < 4.78 is 0. The molecule has 0 aromatic heterocycles. The van der Waals surface area contributed by atoms with Crippen molar-refractivity contribution in [1.82, 2.24) is 9.80 Å². The minimum absolute atomic E-state index is 0.0244. The molecule has 0 unspecified atom stereocenters. The third kappa shape index (κ3) is 1.57. The number of amides is 2. The summed E-state index contributed by atoms with van der Waals surface area (Å²) in [5.74, 6) is -2.24. The monoisotopic (exact) mass is 438 g/mol. The van der Waals surface area contributed by atoms with Crippen molar-refractivity contribution in [3.63, 3.8) is 0 Å². The number of piperazine rings is 1. The predicted molar refractivity (Wildman–Crippen MR) is 98.4 cm³/mol. The molecule has 154 valence electrons. The molecule has 7 rings (SSSR count). The highest BCUT2D eigenvalue weighted by molar-refractivity contribution is 8.03. The maximum absolute atomic E-state index is 14.0. The third-order valence-corrected chi connectivity index (χ3v) is 11.5. The predicted octanol–water partition coefficient (Wildman–Crippen LogP) is -2.30. The maximum atomic E-state index is 14.0. The molecular formula is C18H18N2O7S2. The van der Waals surface area contributed by atoms with E-state index in [2.05, 4.69) is 0 Å². The smallest absolute Gasteiger partial charge is 0.261 e. The fraction of sp³-hybridized carbons (Fsp3) is 0.778. The summed E-state index contributed by atoms with van der Waals surface area (Å²) in [7, 11) is 0. The van der Waals surface area contributed by atoms with Gasteiger partial charge in [0.05, 0.1) is 23.4 Å². The molecule has 0 radical (unpaired) electrons. The molecule has 3 N–H and O–H groups in total. The van der Waals surface area contributed by atoms with E-state index >= 15 is 0 Å². The number of hydrogen-bond acceptors (Lipinski definition) is 9. The first kappa shape index (κ1) is 17.5. The van der Waals surface area contributed by atoms with Crippen LogP contribution in [0.2, 0.25) is 0 Å². The molecular weight excluding hydrogens is 420 g/mol. The van der Waals surface area contributed by atoms with E-state index in [9.17, 15) is 34.5 Å². The molecule has 7 aliphatic rings. The van der Waals surface area contributed by atoms with Crippen molar-refractivity contribution < 1.29 is 34.5 Å². The zero-order valence-electron chi connectivity index (χ0n) is 15.0. The van der Waals surface area contributed by atoms with E-state index in [0.717, 1.165) is 11.8 Å². The van der Waals surface area contributed by atoms with Gasteiger partial charge in [-0.15, -0.1) is 23.5 Å². The van der Waals surface area contributed by atoms with Gasteiger partial charge in [-0.05, 0) is 0 Å². The first-order chi connectivity index (χ1) is 13.7. The van der Waals surface area contributed by atoms with E-state index in [1.165, 1.54) is 21.6 Å². The number of ketones is 2. The molecule has 5 saturated heterocycles. The van der Waals surface area contributed by atoms with Crippen LogP contribution in [-0.2, 0) is 19.2 Å². The second-order valence-corrected chi connectivity index (χ2v) is 12.2. The Morgan fingerprint density at radius 2 is 1.38 bits per heavy atom. The van der Waals surface area contributed by atoms with Gasteiger partial charge in [-0.2, -0.15) is 0 Å². The van der Waals surface area contributed by atoms with E-state index in [1.54, 1.807) is 0 Å². The van der Waals surface area contributed by atoms with Crippen LogP contribution in [0.1, 0.15) is 19.3 Å². The number of rotatable bonds is 0. The lowest BCUT2D eigenvalue weighted by Crippen LogP contribution is -2.77. The van der Waals surface area contributed by atoms with Crippen molar-refractivity contribution >= 4 is 46.9 Å². The SMILES string of the molecule is O=C1C[C@H]2S[C@@]34C[C@@H]1[C@@H]([C@H]2O)N3C(=O)[C@@]12C[C@H]3C(=O)[C@@H](S1)[C@H](O)[C@H](O)[C@H]3N2C4=O. The van der Waals surface area contributed by atoms with Crippen LogP contribution in [0.15, 0.2) is 0 Å². The average Bonchev–Trinajstić information content (AvgIpc) is 3.06. The molecule has 0 aromatic rings. The van der Waals surface area contributed by atoms with E-state index < -0.39 is 62.5 Å². The number of fused-ring (bicyclic) bond motifs is 3. The van der Waals surface area contributed by atoms with Crippen LogP contribution < -0.4 is 0 Å². The van der Waals surface area contributed by atoms with Gasteiger partial charge >= 0.3 is 0 Å². The van der Waals surface area contributed by atoms with Gasteiger partial charge in [0.25, 0.3) is 11.8 Å². The van der Waals surface area contributed by atoms with Gasteiger partial charge in [0.15, 0.2) is 15.5 Å². The molecule has 7 fully saturated rings. The molecule has 29 heavy (non-hydrogen) atoms. The molecule has 5 heterocycles. The second kappa shape index (κ2) is 4.85. The van der Waals surface area contributed by atoms with Gasteiger partial charge in [-0.3, -0.25) is 19.2 Å². The van der Waals surface area contributed by atoms with Gasteiger partial charge < -0.3 is 25.1 Å². The van der Waals surface area contributed by atoms with E-state index in [0.29, 0.717) is 0 Å². The van der Waals surface area contributed by atoms with Crippen molar-refractivity contribution in [1.29, 1.82) is 0 Å². The summed E-state index contributed by atoms with van der Waals surface area (Å²) in [5.41, 5.74) is 0. The Kier molecular flexibility index (Phi) is 2.93. The van der Waals surface area contributed by atoms with Crippen LogP contribution >= 0.6 is 23.5 Å². The molecule has 1 spiro atoms. The third-order valence-electron chi connectivity index (χ3n) is 8.17. The van der Waals surface area contributed by atoms with Crippen LogP contribution in [0.5, 0.6) is 0 Å². The highest BCUT2D eigenvalue weighted by Crippen LogP contribution is 2.67. The number of nitrogens with zero attached hydrogens (tertiary/aromatic N) is 2. The zero-order valence-corrected chi connectivity index (χ0v) is 16.6. The second-order valence-electron chi connectivity index (χ2n) is 9.26. The molecule has 11 atom stereocenters. The lowest BCUT2D eigenvalue weighted by Gasteiger charge is -2.58. The van der Waals surface area contributed by atoms with Gasteiger partial charge in [0.1, 0.15) is 18.0 Å². The van der Waals surface area contributed by atoms with Crippen molar-refractivity contribution in [2.45, 2.75) is 69.9 Å². The first-order valence-electron chi connectivity index (χ1n) is 9.87. The Balaban J connectivity index is 1.45.